The molecular formula is C13H21NO. The lowest BCUT2D eigenvalue weighted by atomic mass is 9.81. The van der Waals surface area contributed by atoms with Gasteiger partial charge in [-0.2, -0.15) is 0 Å². The summed E-state index contributed by atoms with van der Waals surface area (Å²) in [5, 5.41) is 11.9. The minimum absolute atomic E-state index is 0.198. The Morgan fingerprint density at radius 1 is 1.13 bits per heavy atom. The zero-order valence-electron chi connectivity index (χ0n) is 9.66. The third-order valence-electron chi connectivity index (χ3n) is 2.77. The molecule has 0 amide bonds. The monoisotopic (exact) mass is 207 g/mol. The molecule has 84 valence electrons. The summed E-state index contributed by atoms with van der Waals surface area (Å²) in [5.74, 6) is 0. The van der Waals surface area contributed by atoms with E-state index in [2.05, 4.69) is 43.4 Å². The summed E-state index contributed by atoms with van der Waals surface area (Å²) in [6, 6.07) is 10.6. The van der Waals surface area contributed by atoms with Gasteiger partial charge < -0.3 is 10.4 Å². The molecule has 0 atom stereocenters. The fraction of sp³-hybridized carbons (Fsp3) is 0.538. The van der Waals surface area contributed by atoms with Gasteiger partial charge >= 0.3 is 0 Å². The van der Waals surface area contributed by atoms with Gasteiger partial charge in [-0.15, -0.1) is 0 Å². The first-order chi connectivity index (χ1) is 7.17. The molecule has 0 aromatic heterocycles. The number of aliphatic hydroxyl groups is 1. The van der Waals surface area contributed by atoms with E-state index < -0.39 is 0 Å². The van der Waals surface area contributed by atoms with Gasteiger partial charge in [-0.25, -0.2) is 0 Å². The van der Waals surface area contributed by atoms with E-state index in [0.29, 0.717) is 6.54 Å². The Bertz CT molecular complexity index is 269. The normalized spacial score (nSPS) is 11.7. The molecule has 0 saturated heterocycles. The molecule has 0 spiro atoms. The van der Waals surface area contributed by atoms with Gasteiger partial charge in [0.25, 0.3) is 0 Å². The molecular weight excluding hydrogens is 186 g/mol. The summed E-state index contributed by atoms with van der Waals surface area (Å²) in [6.45, 7) is 6.35. The van der Waals surface area contributed by atoms with Gasteiger partial charge in [0.15, 0.2) is 0 Å². The van der Waals surface area contributed by atoms with Crippen LogP contribution in [-0.2, 0) is 5.41 Å². The number of aliphatic hydroxyl groups excluding tert-OH is 1. The van der Waals surface area contributed by atoms with E-state index in [4.69, 9.17) is 5.11 Å². The molecule has 2 nitrogen and oxygen atoms in total. The van der Waals surface area contributed by atoms with Gasteiger partial charge in [0.05, 0.1) is 6.61 Å². The molecule has 2 N–H and O–H groups in total. The highest BCUT2D eigenvalue weighted by Crippen LogP contribution is 2.25. The number of hydrogen-bond donors (Lipinski definition) is 2. The third kappa shape index (κ3) is 4.02. The molecule has 0 radical (unpaired) electrons. The topological polar surface area (TPSA) is 32.3 Å². The van der Waals surface area contributed by atoms with Crippen LogP contribution in [-0.4, -0.2) is 24.8 Å². The van der Waals surface area contributed by atoms with Crippen molar-refractivity contribution in [3.8, 4) is 0 Å². The van der Waals surface area contributed by atoms with Gasteiger partial charge in [0.1, 0.15) is 0 Å². The lowest BCUT2D eigenvalue weighted by Gasteiger charge is -2.25. The van der Waals surface area contributed by atoms with Crippen LogP contribution in [0.3, 0.4) is 0 Å². The second-order valence-electron chi connectivity index (χ2n) is 4.47. The molecule has 1 aromatic rings. The molecule has 0 bridgehead atoms. The second kappa shape index (κ2) is 5.89. The van der Waals surface area contributed by atoms with Crippen molar-refractivity contribution in [2.24, 2.45) is 0 Å². The Balaban J connectivity index is 2.45. The van der Waals surface area contributed by atoms with E-state index in [1.807, 2.05) is 6.07 Å². The van der Waals surface area contributed by atoms with Crippen LogP contribution in [0.1, 0.15) is 25.8 Å². The second-order valence-corrected chi connectivity index (χ2v) is 4.47. The van der Waals surface area contributed by atoms with Crippen molar-refractivity contribution < 1.29 is 5.11 Å². The number of nitrogens with one attached hydrogen (secondary N) is 1. The van der Waals surface area contributed by atoms with Crippen molar-refractivity contribution in [1.82, 2.24) is 5.32 Å². The Morgan fingerprint density at radius 2 is 1.80 bits per heavy atom. The quantitative estimate of drug-likeness (QED) is 0.699. The van der Waals surface area contributed by atoms with Gasteiger partial charge in [-0.05, 0) is 23.9 Å². The summed E-state index contributed by atoms with van der Waals surface area (Å²) in [5.41, 5.74) is 1.57. The van der Waals surface area contributed by atoms with Gasteiger partial charge in [0.2, 0.25) is 0 Å². The molecule has 0 aliphatic carbocycles. The molecule has 15 heavy (non-hydrogen) atoms. The molecule has 1 aromatic carbocycles. The number of benzene rings is 1. The maximum atomic E-state index is 8.65. The van der Waals surface area contributed by atoms with Crippen LogP contribution >= 0.6 is 0 Å². The highest BCUT2D eigenvalue weighted by Gasteiger charge is 2.19. The Kier molecular flexibility index (Phi) is 4.79. The lowest BCUT2D eigenvalue weighted by molar-refractivity contribution is 0.289. The summed E-state index contributed by atoms with van der Waals surface area (Å²) >= 11 is 0. The maximum absolute atomic E-state index is 8.65. The van der Waals surface area contributed by atoms with E-state index in [1.54, 1.807) is 0 Å². The van der Waals surface area contributed by atoms with Crippen molar-refractivity contribution in [3.63, 3.8) is 0 Å². The third-order valence-corrected chi connectivity index (χ3v) is 2.77. The molecule has 0 aliphatic rings. The number of rotatable bonds is 6. The van der Waals surface area contributed by atoms with Gasteiger partial charge in [-0.3, -0.25) is 0 Å². The van der Waals surface area contributed by atoms with Crippen LogP contribution in [0.2, 0.25) is 0 Å². The molecule has 0 aliphatic heterocycles. The highest BCUT2D eigenvalue weighted by atomic mass is 16.3. The minimum Gasteiger partial charge on any atom is -0.395 e. The standard InChI is InChI=1S/C13H21NO/c1-13(2,8-9-14-10-11-15)12-6-4-3-5-7-12/h3-7,14-15H,8-11H2,1-2H3. The van der Waals surface area contributed by atoms with Crippen LogP contribution < -0.4 is 5.32 Å². The van der Waals surface area contributed by atoms with Gasteiger partial charge in [0, 0.05) is 6.54 Å². The van der Waals surface area contributed by atoms with Crippen molar-refractivity contribution in [3.05, 3.63) is 35.9 Å². The highest BCUT2D eigenvalue weighted by molar-refractivity contribution is 5.23. The van der Waals surface area contributed by atoms with E-state index in [-0.39, 0.29) is 12.0 Å². The average Bonchev–Trinajstić information content (AvgIpc) is 2.26. The van der Waals surface area contributed by atoms with Crippen molar-refractivity contribution >= 4 is 0 Å². The summed E-state index contributed by atoms with van der Waals surface area (Å²) in [7, 11) is 0. The van der Waals surface area contributed by atoms with Crippen LogP contribution in [0.15, 0.2) is 30.3 Å². The van der Waals surface area contributed by atoms with Crippen LogP contribution in [0.4, 0.5) is 0 Å². The lowest BCUT2D eigenvalue weighted by Crippen LogP contribution is -2.27. The average molecular weight is 207 g/mol. The van der Waals surface area contributed by atoms with Crippen LogP contribution in [0, 0.1) is 0 Å². The van der Waals surface area contributed by atoms with Crippen molar-refractivity contribution in [2.45, 2.75) is 25.7 Å². The van der Waals surface area contributed by atoms with E-state index in [1.165, 1.54) is 5.56 Å². The predicted octanol–water partition coefficient (Wildman–Crippen LogP) is 1.94. The Morgan fingerprint density at radius 3 is 2.40 bits per heavy atom. The Labute approximate surface area is 92.3 Å². The first kappa shape index (κ1) is 12.2. The summed E-state index contributed by atoms with van der Waals surface area (Å²) in [6.07, 6.45) is 1.08. The first-order valence-electron chi connectivity index (χ1n) is 5.54. The van der Waals surface area contributed by atoms with Crippen molar-refractivity contribution in [2.75, 3.05) is 19.7 Å². The molecule has 0 heterocycles. The van der Waals surface area contributed by atoms with E-state index in [9.17, 15) is 0 Å². The summed E-state index contributed by atoms with van der Waals surface area (Å²) in [4.78, 5) is 0. The largest absolute Gasteiger partial charge is 0.395 e. The summed E-state index contributed by atoms with van der Waals surface area (Å²) < 4.78 is 0. The van der Waals surface area contributed by atoms with Gasteiger partial charge in [-0.1, -0.05) is 44.2 Å². The Hall–Kier alpha value is -0.860. The smallest absolute Gasteiger partial charge is 0.0555 e. The van der Waals surface area contributed by atoms with Crippen LogP contribution in [0.25, 0.3) is 0 Å². The minimum atomic E-state index is 0.198. The SMILES string of the molecule is CC(C)(CCNCCO)c1ccccc1. The zero-order chi connectivity index (χ0) is 11.1. The molecule has 1 rings (SSSR count). The molecule has 0 fully saturated rings. The van der Waals surface area contributed by atoms with Crippen molar-refractivity contribution in [1.29, 1.82) is 0 Å². The fourth-order valence-corrected chi connectivity index (χ4v) is 1.64. The first-order valence-corrected chi connectivity index (χ1v) is 5.54. The molecule has 0 unspecified atom stereocenters. The maximum Gasteiger partial charge on any atom is 0.0555 e. The number of hydrogen-bond acceptors (Lipinski definition) is 2. The molecule has 0 saturated carbocycles. The predicted molar refractivity (Wildman–Crippen MR) is 64.0 cm³/mol. The van der Waals surface area contributed by atoms with Crippen LogP contribution in [0.5, 0.6) is 0 Å². The fourth-order valence-electron chi connectivity index (χ4n) is 1.64. The zero-order valence-corrected chi connectivity index (χ0v) is 9.66. The molecule has 2 heteroatoms. The van der Waals surface area contributed by atoms with E-state index >= 15 is 0 Å². The van der Waals surface area contributed by atoms with E-state index in [0.717, 1.165) is 13.0 Å².